The number of carbonyl (C=O) groups excluding carboxylic acids is 1. The first-order chi connectivity index (χ1) is 17.3. The van der Waals surface area contributed by atoms with Crippen molar-refractivity contribution in [2.24, 2.45) is 5.10 Å². The first-order valence-electron chi connectivity index (χ1n) is 10.4. The Morgan fingerprint density at radius 2 is 2.00 bits per heavy atom. The van der Waals surface area contributed by atoms with Crippen molar-refractivity contribution in [2.45, 2.75) is 20.5 Å². The molecular formula is C22H20Cl2N8O4. The van der Waals surface area contributed by atoms with Gasteiger partial charge in [-0.3, -0.25) is 4.79 Å². The molecule has 36 heavy (non-hydrogen) atoms. The Morgan fingerprint density at radius 3 is 2.69 bits per heavy atom. The van der Waals surface area contributed by atoms with E-state index in [1.54, 1.807) is 50.2 Å². The fraction of sp³-hybridized carbons (Fsp3) is 0.182. The van der Waals surface area contributed by atoms with Crippen LogP contribution in [0.25, 0.3) is 5.82 Å². The van der Waals surface area contributed by atoms with Crippen LogP contribution in [-0.4, -0.2) is 44.0 Å². The summed E-state index contributed by atoms with van der Waals surface area (Å²) in [5, 5.41) is 20.1. The van der Waals surface area contributed by atoms with Gasteiger partial charge in [0.2, 0.25) is 11.6 Å². The van der Waals surface area contributed by atoms with E-state index < -0.39 is 5.91 Å². The number of rotatable bonds is 8. The van der Waals surface area contributed by atoms with Crippen LogP contribution in [0.5, 0.6) is 11.5 Å². The molecule has 2 heterocycles. The van der Waals surface area contributed by atoms with Crippen LogP contribution in [0.3, 0.4) is 0 Å². The number of hydrogen-bond donors (Lipinski definition) is 2. The third-order valence-electron chi connectivity index (χ3n) is 5.05. The van der Waals surface area contributed by atoms with Crippen molar-refractivity contribution in [3.63, 3.8) is 0 Å². The van der Waals surface area contributed by atoms with E-state index in [1.807, 2.05) is 0 Å². The van der Waals surface area contributed by atoms with Gasteiger partial charge in [0, 0.05) is 21.2 Å². The second-order valence-corrected chi connectivity index (χ2v) is 8.28. The molecule has 0 aliphatic carbocycles. The van der Waals surface area contributed by atoms with E-state index in [9.17, 15) is 4.79 Å². The Hall–Kier alpha value is -4.16. The number of nitrogens with zero attached hydrogens (tertiary/aromatic N) is 6. The van der Waals surface area contributed by atoms with Crippen molar-refractivity contribution < 1.29 is 18.9 Å². The second kappa shape index (κ2) is 10.6. The number of benzene rings is 2. The molecule has 0 aliphatic heterocycles. The normalized spacial score (nSPS) is 11.4. The van der Waals surface area contributed by atoms with Crippen LogP contribution in [0.1, 0.15) is 34.2 Å². The minimum absolute atomic E-state index is 0.0404. The Bertz CT molecular complexity index is 1450. The van der Waals surface area contributed by atoms with E-state index in [1.165, 1.54) is 7.11 Å². The zero-order chi connectivity index (χ0) is 25.8. The van der Waals surface area contributed by atoms with Gasteiger partial charge in [0.1, 0.15) is 6.61 Å². The first kappa shape index (κ1) is 24.9. The summed E-state index contributed by atoms with van der Waals surface area (Å²) < 4.78 is 17.1. The lowest BCUT2D eigenvalue weighted by atomic mass is 10.1. The van der Waals surface area contributed by atoms with Crippen LogP contribution >= 0.6 is 23.2 Å². The number of nitrogens with two attached hydrogens (primary N) is 1. The van der Waals surface area contributed by atoms with Gasteiger partial charge in [0.25, 0.3) is 5.91 Å². The summed E-state index contributed by atoms with van der Waals surface area (Å²) in [6.07, 6.45) is 0. The highest BCUT2D eigenvalue weighted by atomic mass is 35.5. The fourth-order valence-corrected chi connectivity index (χ4v) is 3.63. The molecule has 3 N–H and O–H groups in total. The van der Waals surface area contributed by atoms with E-state index in [0.717, 1.165) is 10.2 Å². The quantitative estimate of drug-likeness (QED) is 0.256. The van der Waals surface area contributed by atoms with Crippen LogP contribution in [0.2, 0.25) is 10.0 Å². The largest absolute Gasteiger partial charge is 0.493 e. The second-order valence-electron chi connectivity index (χ2n) is 7.44. The Balaban J connectivity index is 1.49. The van der Waals surface area contributed by atoms with Crippen LogP contribution < -0.4 is 20.6 Å². The standard InChI is InChI=1S/C22H20Cl2N8O4/c1-11(26-28-22(33)19-12(2)27-31-32(19)21-20(25)29-36-30-21)13-5-7-17(18(8-13)34-3)35-10-14-4-6-15(23)9-16(14)24/h4-9H,10H2,1-3H3,(H2,25,29)(H,28,33)/b26-11-. The van der Waals surface area contributed by atoms with Crippen LogP contribution in [-0.2, 0) is 6.61 Å². The van der Waals surface area contributed by atoms with Crippen LogP contribution in [0.15, 0.2) is 46.1 Å². The molecule has 0 fully saturated rings. The van der Waals surface area contributed by atoms with Crippen molar-refractivity contribution in [3.05, 3.63) is 69.0 Å². The lowest BCUT2D eigenvalue weighted by molar-refractivity contribution is 0.0946. The van der Waals surface area contributed by atoms with Gasteiger partial charge in [-0.05, 0) is 54.5 Å². The average Bonchev–Trinajstić information content (AvgIpc) is 3.46. The zero-order valence-electron chi connectivity index (χ0n) is 19.3. The molecule has 0 spiro atoms. The minimum atomic E-state index is -0.578. The molecular weight excluding hydrogens is 511 g/mol. The molecule has 0 unspecified atom stereocenters. The maximum Gasteiger partial charge on any atom is 0.292 e. The maximum atomic E-state index is 12.8. The number of hydrazone groups is 1. The molecule has 2 aromatic carbocycles. The Labute approximate surface area is 214 Å². The monoisotopic (exact) mass is 530 g/mol. The highest BCUT2D eigenvalue weighted by Gasteiger charge is 2.23. The van der Waals surface area contributed by atoms with Gasteiger partial charge >= 0.3 is 0 Å². The molecule has 0 saturated carbocycles. The number of carbonyl (C=O) groups is 1. The molecule has 4 aromatic rings. The van der Waals surface area contributed by atoms with Crippen LogP contribution in [0, 0.1) is 6.92 Å². The maximum absolute atomic E-state index is 12.8. The van der Waals surface area contributed by atoms with Gasteiger partial charge in [-0.1, -0.05) is 34.5 Å². The van der Waals surface area contributed by atoms with Gasteiger partial charge < -0.3 is 15.2 Å². The van der Waals surface area contributed by atoms with Gasteiger partial charge in [0.15, 0.2) is 17.2 Å². The smallest absolute Gasteiger partial charge is 0.292 e. The third kappa shape index (κ3) is 5.24. The van der Waals surface area contributed by atoms with Crippen molar-refractivity contribution in [3.8, 4) is 17.3 Å². The summed E-state index contributed by atoms with van der Waals surface area (Å²) in [7, 11) is 1.52. The molecule has 186 valence electrons. The van der Waals surface area contributed by atoms with E-state index >= 15 is 0 Å². The summed E-state index contributed by atoms with van der Waals surface area (Å²) in [6, 6.07) is 10.4. The van der Waals surface area contributed by atoms with Gasteiger partial charge in [-0.15, -0.1) is 5.10 Å². The number of methoxy groups -OCH3 is 1. The molecule has 2 aromatic heterocycles. The number of halogens is 2. The number of nitrogens with one attached hydrogen (secondary N) is 1. The van der Waals surface area contributed by atoms with E-state index in [2.05, 4.69) is 35.8 Å². The van der Waals surface area contributed by atoms with E-state index in [4.69, 9.17) is 38.4 Å². The summed E-state index contributed by atoms with van der Waals surface area (Å²) >= 11 is 12.2. The number of nitrogen functional groups attached to an aromatic ring is 1. The van der Waals surface area contributed by atoms with Crippen molar-refractivity contribution in [1.82, 2.24) is 30.7 Å². The van der Waals surface area contributed by atoms with E-state index in [-0.39, 0.29) is 23.9 Å². The van der Waals surface area contributed by atoms with Gasteiger partial charge in [0.05, 0.1) is 18.5 Å². The average molecular weight is 531 g/mol. The predicted octanol–water partition coefficient (Wildman–Crippen LogP) is 3.59. The summed E-state index contributed by atoms with van der Waals surface area (Å²) in [4.78, 5) is 12.8. The summed E-state index contributed by atoms with van der Waals surface area (Å²) in [6.45, 7) is 3.56. The topological polar surface area (TPSA) is 156 Å². The third-order valence-corrected chi connectivity index (χ3v) is 5.64. The number of aromatic nitrogens is 5. The molecule has 14 heteroatoms. The predicted molar refractivity (Wildman–Crippen MR) is 132 cm³/mol. The van der Waals surface area contributed by atoms with Gasteiger partial charge in [-0.2, -0.15) is 9.78 Å². The minimum Gasteiger partial charge on any atom is -0.493 e. The molecule has 12 nitrogen and oxygen atoms in total. The van der Waals surface area contributed by atoms with Gasteiger partial charge in [-0.25, -0.2) is 10.1 Å². The highest BCUT2D eigenvalue weighted by Crippen LogP contribution is 2.30. The molecule has 0 aliphatic rings. The number of amides is 1. The van der Waals surface area contributed by atoms with Crippen molar-refractivity contribution >= 4 is 40.6 Å². The first-order valence-corrected chi connectivity index (χ1v) is 11.1. The molecule has 0 radical (unpaired) electrons. The van der Waals surface area contributed by atoms with Crippen molar-refractivity contribution in [2.75, 3.05) is 12.8 Å². The molecule has 1 amide bonds. The zero-order valence-corrected chi connectivity index (χ0v) is 20.8. The molecule has 0 saturated heterocycles. The lowest BCUT2D eigenvalue weighted by Gasteiger charge is -2.13. The molecule has 4 rings (SSSR count). The SMILES string of the molecule is COc1cc(/C(C)=N\NC(=O)c2c(C)nnn2-c2nonc2N)ccc1OCc1ccc(Cl)cc1Cl. The molecule has 0 atom stereocenters. The fourth-order valence-electron chi connectivity index (χ4n) is 3.16. The summed E-state index contributed by atoms with van der Waals surface area (Å²) in [5.74, 6) is 0.410. The number of aryl methyl sites for hydroxylation is 1. The Morgan fingerprint density at radius 1 is 1.19 bits per heavy atom. The lowest BCUT2D eigenvalue weighted by Crippen LogP contribution is -2.24. The Kier molecular flexibility index (Phi) is 7.36. The number of anilines is 1. The highest BCUT2D eigenvalue weighted by molar-refractivity contribution is 6.35. The number of hydrogen-bond acceptors (Lipinski definition) is 10. The van der Waals surface area contributed by atoms with Crippen molar-refractivity contribution in [1.29, 1.82) is 0 Å². The van der Waals surface area contributed by atoms with E-state index in [0.29, 0.717) is 38.5 Å². The summed E-state index contributed by atoms with van der Waals surface area (Å²) in [5.41, 5.74) is 10.6. The van der Waals surface area contributed by atoms with Crippen LogP contribution in [0.4, 0.5) is 5.82 Å². The molecule has 0 bridgehead atoms. The number of ether oxygens (including phenoxy) is 2.